The molecular formula is C22H22O4. The van der Waals surface area contributed by atoms with Gasteiger partial charge in [0, 0.05) is 17.0 Å². The fourth-order valence-corrected chi connectivity index (χ4v) is 3.90. The Hall–Kier alpha value is -2.88. The number of ether oxygens (including phenoxy) is 1. The van der Waals surface area contributed by atoms with Crippen LogP contribution in [0, 0.1) is 0 Å². The van der Waals surface area contributed by atoms with Gasteiger partial charge in [0.2, 0.25) is 0 Å². The number of allylic oxidation sites excluding steroid dienone is 1. The smallest absolute Gasteiger partial charge is 0.165 e. The largest absolute Gasteiger partial charge is 0.507 e. The third-order valence-corrected chi connectivity index (χ3v) is 5.24. The van der Waals surface area contributed by atoms with Gasteiger partial charge in [-0.25, -0.2) is 0 Å². The summed E-state index contributed by atoms with van der Waals surface area (Å²) in [5, 5.41) is 31.5. The first-order valence-corrected chi connectivity index (χ1v) is 8.67. The van der Waals surface area contributed by atoms with Crippen LogP contribution in [0.15, 0.2) is 36.4 Å². The van der Waals surface area contributed by atoms with Crippen molar-refractivity contribution in [3.63, 3.8) is 0 Å². The summed E-state index contributed by atoms with van der Waals surface area (Å²) < 4.78 is 6.05. The molecule has 4 rings (SSSR count). The van der Waals surface area contributed by atoms with Crippen molar-refractivity contribution in [3.05, 3.63) is 53.1 Å². The van der Waals surface area contributed by atoms with Gasteiger partial charge in [-0.3, -0.25) is 0 Å². The van der Waals surface area contributed by atoms with Gasteiger partial charge >= 0.3 is 0 Å². The molecule has 3 N–H and O–H groups in total. The van der Waals surface area contributed by atoms with Crippen molar-refractivity contribution < 1.29 is 20.1 Å². The van der Waals surface area contributed by atoms with E-state index < -0.39 is 5.60 Å². The number of hydrogen-bond donors (Lipinski definition) is 3. The van der Waals surface area contributed by atoms with Gasteiger partial charge in [-0.2, -0.15) is 0 Å². The first-order valence-electron chi connectivity index (χ1n) is 8.67. The Morgan fingerprint density at radius 3 is 2.58 bits per heavy atom. The molecule has 1 aliphatic carbocycles. The maximum Gasteiger partial charge on any atom is 0.165 e. The topological polar surface area (TPSA) is 69.9 Å². The average molecular weight is 350 g/mol. The number of phenols is 3. The molecule has 0 unspecified atom stereocenters. The van der Waals surface area contributed by atoms with E-state index in [4.69, 9.17) is 4.74 Å². The molecule has 0 radical (unpaired) electrons. The van der Waals surface area contributed by atoms with Crippen molar-refractivity contribution in [3.8, 4) is 34.1 Å². The highest BCUT2D eigenvalue weighted by Gasteiger charge is 2.34. The number of fused-ring (bicyclic) bond motifs is 4. The third kappa shape index (κ3) is 2.29. The minimum atomic E-state index is -0.459. The highest BCUT2D eigenvalue weighted by molar-refractivity contribution is 5.90. The maximum absolute atomic E-state index is 11.1. The molecule has 0 spiro atoms. The quantitative estimate of drug-likeness (QED) is 0.507. The standard InChI is InChI=1S/C22H22O4/c1-11(2)14-9-12-5-6-16(23)21(25)18(12)19-15(14)10-17-13(20(19)24)7-8-22(3,4)26-17/h5-8,10,14,23-25H,1,9H2,2-4H3/t14-/m0/s1. The van der Waals surface area contributed by atoms with E-state index in [2.05, 4.69) is 6.58 Å². The highest BCUT2D eigenvalue weighted by atomic mass is 16.5. The summed E-state index contributed by atoms with van der Waals surface area (Å²) in [6, 6.07) is 5.20. The monoisotopic (exact) mass is 350 g/mol. The van der Waals surface area contributed by atoms with Crippen LogP contribution >= 0.6 is 0 Å². The lowest BCUT2D eigenvalue weighted by molar-refractivity contribution is 0.158. The van der Waals surface area contributed by atoms with E-state index in [1.807, 2.05) is 39.0 Å². The van der Waals surface area contributed by atoms with Crippen LogP contribution in [0.5, 0.6) is 23.0 Å². The average Bonchev–Trinajstić information content (AvgIpc) is 2.56. The van der Waals surface area contributed by atoms with Gasteiger partial charge < -0.3 is 20.1 Å². The van der Waals surface area contributed by atoms with Crippen LogP contribution in [-0.2, 0) is 6.42 Å². The number of rotatable bonds is 1. The predicted octanol–water partition coefficient (Wildman–Crippen LogP) is 4.87. The fraction of sp³-hybridized carbons (Fsp3) is 0.273. The second kappa shape index (κ2) is 5.31. The van der Waals surface area contributed by atoms with Crippen LogP contribution in [-0.4, -0.2) is 20.9 Å². The number of benzene rings is 2. The molecule has 26 heavy (non-hydrogen) atoms. The normalized spacial score (nSPS) is 19.1. The summed E-state index contributed by atoms with van der Waals surface area (Å²) in [4.78, 5) is 0. The van der Waals surface area contributed by atoms with Crippen LogP contribution in [0.1, 0.15) is 43.4 Å². The molecule has 0 saturated carbocycles. The Morgan fingerprint density at radius 1 is 1.15 bits per heavy atom. The van der Waals surface area contributed by atoms with Crippen molar-refractivity contribution >= 4 is 6.08 Å². The zero-order valence-electron chi connectivity index (χ0n) is 15.1. The fourth-order valence-electron chi connectivity index (χ4n) is 3.90. The van der Waals surface area contributed by atoms with Gasteiger partial charge in [-0.15, -0.1) is 0 Å². The van der Waals surface area contributed by atoms with Gasteiger partial charge in [0.05, 0.1) is 5.56 Å². The molecule has 0 bridgehead atoms. The Bertz CT molecular complexity index is 982. The summed E-state index contributed by atoms with van der Waals surface area (Å²) >= 11 is 0. The van der Waals surface area contributed by atoms with Gasteiger partial charge in [-0.1, -0.05) is 18.2 Å². The molecule has 2 aromatic carbocycles. The first kappa shape index (κ1) is 16.6. The molecule has 0 fully saturated rings. The lowest BCUT2D eigenvalue weighted by Gasteiger charge is -2.34. The van der Waals surface area contributed by atoms with E-state index in [0.717, 1.165) is 16.7 Å². The zero-order valence-corrected chi connectivity index (χ0v) is 15.1. The summed E-state index contributed by atoms with van der Waals surface area (Å²) in [5.41, 5.74) is 3.84. The number of aromatic hydroxyl groups is 3. The molecule has 4 nitrogen and oxygen atoms in total. The highest BCUT2D eigenvalue weighted by Crippen LogP contribution is 2.55. The van der Waals surface area contributed by atoms with E-state index >= 15 is 0 Å². The van der Waals surface area contributed by atoms with Crippen molar-refractivity contribution in [1.82, 2.24) is 0 Å². The molecule has 1 atom stereocenters. The Labute approximate surface area is 152 Å². The molecule has 2 aromatic rings. The Balaban J connectivity index is 2.07. The predicted molar refractivity (Wildman–Crippen MR) is 102 cm³/mol. The molecule has 2 aliphatic rings. The molecule has 0 saturated heterocycles. The molecule has 0 amide bonds. The lowest BCUT2D eigenvalue weighted by atomic mass is 9.74. The van der Waals surface area contributed by atoms with Gasteiger partial charge in [0.25, 0.3) is 0 Å². The first-order chi connectivity index (χ1) is 12.2. The van der Waals surface area contributed by atoms with E-state index in [1.165, 1.54) is 6.07 Å². The van der Waals surface area contributed by atoms with E-state index in [-0.39, 0.29) is 23.2 Å². The molecular weight excluding hydrogens is 328 g/mol. The third-order valence-electron chi connectivity index (χ3n) is 5.24. The number of phenolic OH excluding ortho intramolecular Hbond substituents is 3. The van der Waals surface area contributed by atoms with Crippen molar-refractivity contribution in [2.24, 2.45) is 0 Å². The Morgan fingerprint density at radius 2 is 1.88 bits per heavy atom. The minimum absolute atomic E-state index is 0.00439. The minimum Gasteiger partial charge on any atom is -0.507 e. The summed E-state index contributed by atoms with van der Waals surface area (Å²) in [7, 11) is 0. The molecule has 0 aromatic heterocycles. The molecule has 1 heterocycles. The van der Waals surface area contributed by atoms with Gasteiger partial charge in [0.1, 0.15) is 17.1 Å². The summed E-state index contributed by atoms with van der Waals surface area (Å²) in [6.45, 7) is 9.99. The zero-order chi connectivity index (χ0) is 18.8. The van der Waals surface area contributed by atoms with Crippen LogP contribution in [0.2, 0.25) is 0 Å². The van der Waals surface area contributed by atoms with Crippen molar-refractivity contribution in [1.29, 1.82) is 0 Å². The van der Waals surface area contributed by atoms with Crippen LogP contribution in [0.25, 0.3) is 17.2 Å². The van der Waals surface area contributed by atoms with E-state index in [0.29, 0.717) is 28.9 Å². The lowest BCUT2D eigenvalue weighted by Crippen LogP contribution is -2.28. The summed E-state index contributed by atoms with van der Waals surface area (Å²) in [6.07, 6.45) is 4.38. The second-order valence-electron chi connectivity index (χ2n) is 7.71. The number of hydrogen-bond acceptors (Lipinski definition) is 4. The van der Waals surface area contributed by atoms with Gasteiger partial charge in [-0.05, 0) is 62.6 Å². The van der Waals surface area contributed by atoms with Gasteiger partial charge in [0.15, 0.2) is 11.5 Å². The summed E-state index contributed by atoms with van der Waals surface area (Å²) in [5.74, 6) is 0.254. The Kier molecular flexibility index (Phi) is 3.38. The second-order valence-corrected chi connectivity index (χ2v) is 7.71. The van der Waals surface area contributed by atoms with Crippen LogP contribution in [0.4, 0.5) is 0 Å². The van der Waals surface area contributed by atoms with Crippen molar-refractivity contribution in [2.45, 2.75) is 38.7 Å². The SMILES string of the molecule is C=C(C)[C@@H]1Cc2ccc(O)c(O)c2-c2c1cc1c(c2O)C=CC(C)(C)O1. The molecule has 4 heteroatoms. The van der Waals surface area contributed by atoms with Crippen molar-refractivity contribution in [2.75, 3.05) is 0 Å². The van der Waals surface area contributed by atoms with Crippen LogP contribution in [0.3, 0.4) is 0 Å². The molecule has 134 valence electrons. The van der Waals surface area contributed by atoms with Crippen LogP contribution < -0.4 is 4.74 Å². The van der Waals surface area contributed by atoms with E-state index in [9.17, 15) is 15.3 Å². The van der Waals surface area contributed by atoms with E-state index in [1.54, 1.807) is 6.07 Å². The molecule has 1 aliphatic heterocycles. The maximum atomic E-state index is 11.1.